The van der Waals surface area contributed by atoms with Gasteiger partial charge in [0.2, 0.25) is 5.95 Å². The van der Waals surface area contributed by atoms with Gasteiger partial charge in [0.15, 0.2) is 0 Å². The highest BCUT2D eigenvalue weighted by atomic mass is 35.5. The molecule has 1 aliphatic heterocycles. The van der Waals surface area contributed by atoms with Gasteiger partial charge in [-0.15, -0.1) is 0 Å². The summed E-state index contributed by atoms with van der Waals surface area (Å²) in [4.78, 5) is 13.0. The molecule has 1 aromatic carbocycles. The highest BCUT2D eigenvalue weighted by Gasteiger charge is 2.36. The van der Waals surface area contributed by atoms with E-state index >= 15 is 0 Å². The molecule has 1 N–H and O–H groups in total. The summed E-state index contributed by atoms with van der Waals surface area (Å²) < 4.78 is 7.43. The fourth-order valence-corrected chi connectivity index (χ4v) is 3.75. The van der Waals surface area contributed by atoms with Crippen molar-refractivity contribution in [2.45, 2.75) is 51.2 Å². The van der Waals surface area contributed by atoms with Crippen LogP contribution in [0, 0.1) is 0 Å². The number of allylic oxidation sites excluding steroid dienone is 1. The lowest BCUT2D eigenvalue weighted by Crippen LogP contribution is -2.32. The lowest BCUT2D eigenvalue weighted by molar-refractivity contribution is -0.146. The smallest absolute Gasteiger partial charge is 0.338 e. The fraction of sp³-hybridized carbons (Fsp3) is 0.444. The van der Waals surface area contributed by atoms with Crippen LogP contribution in [0.5, 0.6) is 0 Å². The zero-order chi connectivity index (χ0) is 18.1. The highest BCUT2D eigenvalue weighted by molar-refractivity contribution is 6.30. The van der Waals surface area contributed by atoms with Crippen molar-refractivity contribution in [3.05, 3.63) is 46.1 Å². The first-order valence-corrected chi connectivity index (χ1v) is 9.23. The van der Waals surface area contributed by atoms with Gasteiger partial charge in [0.05, 0.1) is 5.57 Å². The second-order valence-corrected chi connectivity index (χ2v) is 7.17. The molecule has 2 aliphatic rings. The Morgan fingerprint density at radius 3 is 2.69 bits per heavy atom. The Morgan fingerprint density at radius 2 is 1.96 bits per heavy atom. The normalized spacial score (nSPS) is 20.5. The minimum absolute atomic E-state index is 0.0160. The van der Waals surface area contributed by atoms with Crippen LogP contribution in [0.2, 0.25) is 5.02 Å². The number of hydrogen-bond donors (Lipinski definition) is 1. The Hall–Kier alpha value is -2.41. The van der Waals surface area contributed by atoms with Crippen LogP contribution >= 0.6 is 11.6 Å². The number of hydrogen-bond acceptors (Lipinski definition) is 6. The number of anilines is 1. The van der Waals surface area contributed by atoms with Gasteiger partial charge in [-0.1, -0.05) is 35.3 Å². The number of carbonyl (C=O) groups excluding carboxylic acids is 1. The maximum Gasteiger partial charge on any atom is 0.338 e. The minimum Gasteiger partial charge on any atom is -0.459 e. The average molecular weight is 374 g/mol. The molecule has 1 fully saturated rings. The SMILES string of the molecule is CC1=C(C(=O)OC2CCCCC2)[C@@H](c2ccc(Cl)cc2)n2nnnc2N1. The van der Waals surface area contributed by atoms with Gasteiger partial charge in [0.25, 0.3) is 0 Å². The molecular formula is C18H20ClN5O2. The molecule has 1 saturated carbocycles. The third kappa shape index (κ3) is 3.19. The number of benzene rings is 1. The molecule has 2 aromatic rings. The summed E-state index contributed by atoms with van der Waals surface area (Å²) in [5.74, 6) is 0.180. The van der Waals surface area contributed by atoms with Gasteiger partial charge in [-0.25, -0.2) is 4.79 Å². The van der Waals surface area contributed by atoms with Crippen LogP contribution in [0.4, 0.5) is 5.95 Å². The van der Waals surface area contributed by atoms with Crippen molar-refractivity contribution in [1.29, 1.82) is 0 Å². The lowest BCUT2D eigenvalue weighted by atomic mass is 9.95. The van der Waals surface area contributed by atoms with E-state index in [1.54, 1.807) is 16.8 Å². The van der Waals surface area contributed by atoms with Crippen LogP contribution < -0.4 is 5.32 Å². The number of carbonyl (C=O) groups is 1. The van der Waals surface area contributed by atoms with Crippen LogP contribution in [-0.2, 0) is 9.53 Å². The van der Waals surface area contributed by atoms with E-state index in [-0.39, 0.29) is 12.1 Å². The molecule has 0 bridgehead atoms. The van der Waals surface area contributed by atoms with Crippen LogP contribution in [0.1, 0.15) is 50.6 Å². The van der Waals surface area contributed by atoms with Crippen LogP contribution in [0.3, 0.4) is 0 Å². The summed E-state index contributed by atoms with van der Waals surface area (Å²) in [6.07, 6.45) is 5.25. The average Bonchev–Trinajstić information content (AvgIpc) is 3.10. The van der Waals surface area contributed by atoms with Gasteiger partial charge in [-0.3, -0.25) is 0 Å². The number of rotatable bonds is 3. The Bertz CT molecular complexity index is 840. The molecule has 136 valence electrons. The van der Waals surface area contributed by atoms with Gasteiger partial charge in [0, 0.05) is 10.7 Å². The Balaban J connectivity index is 1.69. The van der Waals surface area contributed by atoms with E-state index < -0.39 is 6.04 Å². The van der Waals surface area contributed by atoms with E-state index in [1.165, 1.54) is 6.42 Å². The van der Waals surface area contributed by atoms with E-state index in [2.05, 4.69) is 20.8 Å². The molecule has 1 atom stereocenters. The van der Waals surface area contributed by atoms with Crippen molar-refractivity contribution in [3.8, 4) is 0 Å². The van der Waals surface area contributed by atoms with Crippen LogP contribution in [-0.4, -0.2) is 32.3 Å². The predicted molar refractivity (Wildman–Crippen MR) is 96.7 cm³/mol. The van der Waals surface area contributed by atoms with Crippen molar-refractivity contribution in [2.75, 3.05) is 5.32 Å². The molecule has 4 rings (SSSR count). The number of halogens is 1. The summed E-state index contributed by atoms with van der Waals surface area (Å²) in [5, 5.41) is 15.5. The second kappa shape index (κ2) is 7.07. The molecule has 0 spiro atoms. The number of ether oxygens (including phenoxy) is 1. The standard InChI is InChI=1S/C18H20ClN5O2/c1-11-15(17(25)26-14-5-3-2-4-6-14)16(12-7-9-13(19)10-8-12)24-18(20-11)21-22-23-24/h7-10,14,16H,2-6H2,1H3,(H,20,21,23)/t16-/m1/s1. The second-order valence-electron chi connectivity index (χ2n) is 6.73. The molecule has 0 saturated heterocycles. The number of fused-ring (bicyclic) bond motifs is 1. The number of nitrogens with one attached hydrogen (secondary N) is 1. The van der Waals surface area contributed by atoms with Gasteiger partial charge < -0.3 is 10.1 Å². The Labute approximate surface area is 156 Å². The van der Waals surface area contributed by atoms with Crippen molar-refractivity contribution in [2.24, 2.45) is 0 Å². The number of nitrogens with zero attached hydrogens (tertiary/aromatic N) is 4. The summed E-state index contributed by atoms with van der Waals surface area (Å²) in [6.45, 7) is 1.85. The molecule has 2 heterocycles. The van der Waals surface area contributed by atoms with Gasteiger partial charge in [0.1, 0.15) is 12.1 Å². The summed E-state index contributed by atoms with van der Waals surface area (Å²) >= 11 is 6.02. The third-order valence-corrected chi connectivity index (χ3v) is 5.20. The van der Waals surface area contributed by atoms with E-state index in [1.807, 2.05) is 19.1 Å². The molecule has 0 amide bonds. The predicted octanol–water partition coefficient (Wildman–Crippen LogP) is 3.49. The van der Waals surface area contributed by atoms with Crippen molar-refractivity contribution in [1.82, 2.24) is 20.2 Å². The van der Waals surface area contributed by atoms with Gasteiger partial charge >= 0.3 is 5.97 Å². The first-order valence-electron chi connectivity index (χ1n) is 8.85. The van der Waals surface area contributed by atoms with E-state index in [0.717, 1.165) is 31.2 Å². The monoisotopic (exact) mass is 373 g/mol. The Kier molecular flexibility index (Phi) is 4.63. The number of esters is 1. The molecule has 0 radical (unpaired) electrons. The first kappa shape index (κ1) is 17.0. The minimum atomic E-state index is -0.449. The molecule has 26 heavy (non-hydrogen) atoms. The number of tetrazole rings is 1. The van der Waals surface area contributed by atoms with Gasteiger partial charge in [-0.05, 0) is 60.7 Å². The number of aromatic nitrogens is 4. The molecule has 1 aromatic heterocycles. The molecule has 0 unspecified atom stereocenters. The molecular weight excluding hydrogens is 354 g/mol. The third-order valence-electron chi connectivity index (χ3n) is 4.95. The topological polar surface area (TPSA) is 81.9 Å². The largest absolute Gasteiger partial charge is 0.459 e. The van der Waals surface area contributed by atoms with E-state index in [4.69, 9.17) is 16.3 Å². The zero-order valence-electron chi connectivity index (χ0n) is 14.5. The lowest BCUT2D eigenvalue weighted by Gasteiger charge is -2.29. The molecule has 1 aliphatic carbocycles. The zero-order valence-corrected chi connectivity index (χ0v) is 15.2. The van der Waals surface area contributed by atoms with Crippen molar-refractivity contribution in [3.63, 3.8) is 0 Å². The molecule has 8 heteroatoms. The molecule has 7 nitrogen and oxygen atoms in total. The van der Waals surface area contributed by atoms with Crippen molar-refractivity contribution >= 4 is 23.5 Å². The van der Waals surface area contributed by atoms with Gasteiger partial charge in [-0.2, -0.15) is 4.68 Å². The van der Waals surface area contributed by atoms with E-state index in [0.29, 0.717) is 22.2 Å². The summed E-state index contributed by atoms with van der Waals surface area (Å²) in [7, 11) is 0. The van der Waals surface area contributed by atoms with Crippen molar-refractivity contribution < 1.29 is 9.53 Å². The maximum atomic E-state index is 13.0. The Morgan fingerprint density at radius 1 is 1.23 bits per heavy atom. The summed E-state index contributed by atoms with van der Waals surface area (Å²) in [6, 6.07) is 6.90. The summed E-state index contributed by atoms with van der Waals surface area (Å²) in [5.41, 5.74) is 2.10. The fourth-order valence-electron chi connectivity index (χ4n) is 3.63. The highest BCUT2D eigenvalue weighted by Crippen LogP contribution is 2.36. The van der Waals surface area contributed by atoms with Crippen LogP contribution in [0.25, 0.3) is 0 Å². The van der Waals surface area contributed by atoms with Crippen LogP contribution in [0.15, 0.2) is 35.5 Å². The first-order chi connectivity index (χ1) is 12.6. The maximum absolute atomic E-state index is 13.0. The van der Waals surface area contributed by atoms with E-state index in [9.17, 15) is 4.79 Å². The quantitative estimate of drug-likeness (QED) is 0.829.